The molecule has 0 aliphatic rings. The topological polar surface area (TPSA) is 62.2 Å². The van der Waals surface area contributed by atoms with Crippen molar-refractivity contribution < 1.29 is 14.3 Å². The summed E-state index contributed by atoms with van der Waals surface area (Å²) in [5.41, 5.74) is 1.97. The molecule has 0 aliphatic heterocycles. The summed E-state index contributed by atoms with van der Waals surface area (Å²) in [6, 6.07) is 9.41. The monoisotopic (exact) mass is 288 g/mol. The zero-order valence-corrected chi connectivity index (χ0v) is 11.8. The smallest absolute Gasteiger partial charge is 0.335 e. The van der Waals surface area contributed by atoms with Gasteiger partial charge in [0.05, 0.1) is 5.56 Å². The second-order valence-electron chi connectivity index (χ2n) is 4.69. The normalized spacial score (nSPS) is 10.4. The Morgan fingerprint density at radius 3 is 2.62 bits per heavy atom. The quantitative estimate of drug-likeness (QED) is 0.857. The maximum absolute atomic E-state index is 12.8. The van der Waals surface area contributed by atoms with Crippen LogP contribution < -0.4 is 5.32 Å². The molecule has 0 saturated heterocycles. The summed E-state index contributed by atoms with van der Waals surface area (Å²) in [7, 11) is 0. The molecule has 21 heavy (non-hydrogen) atoms. The van der Waals surface area contributed by atoms with Gasteiger partial charge in [-0.25, -0.2) is 14.2 Å². The lowest BCUT2D eigenvalue weighted by Gasteiger charge is -2.08. The molecule has 0 fully saturated rings. The Morgan fingerprint density at radius 2 is 2.00 bits per heavy atom. The zero-order chi connectivity index (χ0) is 15.2. The fourth-order valence-electron chi connectivity index (χ4n) is 1.97. The lowest BCUT2D eigenvalue weighted by Crippen LogP contribution is -2.09. The predicted molar refractivity (Wildman–Crippen MR) is 79.2 cm³/mol. The highest BCUT2D eigenvalue weighted by atomic mass is 19.1. The van der Waals surface area contributed by atoms with Crippen molar-refractivity contribution in [2.75, 3.05) is 11.9 Å². The van der Waals surface area contributed by atoms with E-state index in [-0.39, 0.29) is 11.4 Å². The van der Waals surface area contributed by atoms with E-state index < -0.39 is 5.97 Å². The molecule has 4 nitrogen and oxygen atoms in total. The summed E-state index contributed by atoms with van der Waals surface area (Å²) in [5, 5.41) is 12.2. The van der Waals surface area contributed by atoms with E-state index in [2.05, 4.69) is 10.3 Å². The summed E-state index contributed by atoms with van der Waals surface area (Å²) < 4.78 is 12.8. The van der Waals surface area contributed by atoms with Crippen LogP contribution >= 0.6 is 0 Å². The average Bonchev–Trinajstić information content (AvgIpc) is 2.49. The van der Waals surface area contributed by atoms with Crippen LogP contribution in [0.4, 0.5) is 10.2 Å². The molecular weight excluding hydrogens is 271 g/mol. The molecule has 1 heterocycles. The number of pyridine rings is 1. The van der Waals surface area contributed by atoms with Gasteiger partial charge in [0, 0.05) is 12.2 Å². The SMILES string of the molecule is CCc1cc(C(=O)O)cc(NCCc2ccc(F)cc2)n1. The van der Waals surface area contributed by atoms with Gasteiger partial charge in [0.1, 0.15) is 11.6 Å². The Hall–Kier alpha value is -2.43. The number of carbonyl (C=O) groups is 1. The van der Waals surface area contributed by atoms with Gasteiger partial charge in [-0.15, -0.1) is 0 Å². The first-order valence-electron chi connectivity index (χ1n) is 6.81. The number of nitrogens with zero attached hydrogens (tertiary/aromatic N) is 1. The molecular formula is C16H17FN2O2. The van der Waals surface area contributed by atoms with E-state index in [4.69, 9.17) is 5.11 Å². The Balaban J connectivity index is 2.00. The van der Waals surface area contributed by atoms with E-state index in [1.807, 2.05) is 6.92 Å². The number of anilines is 1. The Kier molecular flexibility index (Phi) is 4.87. The van der Waals surface area contributed by atoms with Crippen molar-refractivity contribution in [3.63, 3.8) is 0 Å². The highest BCUT2D eigenvalue weighted by Gasteiger charge is 2.07. The van der Waals surface area contributed by atoms with E-state index in [9.17, 15) is 9.18 Å². The second kappa shape index (κ2) is 6.83. The van der Waals surface area contributed by atoms with Crippen LogP contribution in [0.2, 0.25) is 0 Å². The van der Waals surface area contributed by atoms with Crippen molar-refractivity contribution in [2.24, 2.45) is 0 Å². The van der Waals surface area contributed by atoms with Crippen molar-refractivity contribution in [1.82, 2.24) is 4.98 Å². The van der Waals surface area contributed by atoms with Gasteiger partial charge in [0.2, 0.25) is 0 Å². The molecule has 5 heteroatoms. The van der Waals surface area contributed by atoms with Crippen molar-refractivity contribution >= 4 is 11.8 Å². The Labute approximate surface area is 122 Å². The van der Waals surface area contributed by atoms with Crippen LogP contribution in [0.1, 0.15) is 28.5 Å². The van der Waals surface area contributed by atoms with E-state index in [0.29, 0.717) is 25.2 Å². The second-order valence-corrected chi connectivity index (χ2v) is 4.69. The number of hydrogen-bond donors (Lipinski definition) is 2. The van der Waals surface area contributed by atoms with Gasteiger partial charge >= 0.3 is 5.97 Å². The van der Waals surface area contributed by atoms with Crippen molar-refractivity contribution in [3.8, 4) is 0 Å². The van der Waals surface area contributed by atoms with Crippen molar-refractivity contribution in [3.05, 3.63) is 59.0 Å². The van der Waals surface area contributed by atoms with E-state index in [1.165, 1.54) is 18.2 Å². The Morgan fingerprint density at radius 1 is 1.29 bits per heavy atom. The van der Waals surface area contributed by atoms with Crippen LogP contribution in [0.25, 0.3) is 0 Å². The van der Waals surface area contributed by atoms with Gasteiger partial charge in [-0.3, -0.25) is 0 Å². The van der Waals surface area contributed by atoms with Crippen LogP contribution in [0.5, 0.6) is 0 Å². The standard InChI is InChI=1S/C16H17FN2O2/c1-2-14-9-12(16(20)21)10-15(19-14)18-8-7-11-3-5-13(17)6-4-11/h3-6,9-10H,2,7-8H2,1H3,(H,18,19)(H,20,21). The number of carboxylic acids is 1. The number of halogens is 1. The molecule has 0 spiro atoms. The number of carboxylic acid groups (broad SMARTS) is 1. The van der Waals surface area contributed by atoms with Crippen LogP contribution in [0.15, 0.2) is 36.4 Å². The number of hydrogen-bond acceptors (Lipinski definition) is 3. The number of aromatic carboxylic acids is 1. The number of rotatable bonds is 6. The molecule has 2 N–H and O–H groups in total. The third-order valence-electron chi connectivity index (χ3n) is 3.12. The van der Waals surface area contributed by atoms with Gasteiger partial charge in [-0.2, -0.15) is 0 Å². The largest absolute Gasteiger partial charge is 0.478 e. The number of aryl methyl sites for hydroxylation is 1. The van der Waals surface area contributed by atoms with Crippen molar-refractivity contribution in [2.45, 2.75) is 19.8 Å². The van der Waals surface area contributed by atoms with E-state index in [0.717, 1.165) is 11.3 Å². The van der Waals surface area contributed by atoms with Gasteiger partial charge in [0.15, 0.2) is 0 Å². The summed E-state index contributed by atoms with van der Waals surface area (Å²) in [6.45, 7) is 2.53. The number of aromatic nitrogens is 1. The van der Waals surface area contributed by atoms with E-state index in [1.54, 1.807) is 18.2 Å². The molecule has 110 valence electrons. The minimum atomic E-state index is -0.964. The third kappa shape index (κ3) is 4.27. The lowest BCUT2D eigenvalue weighted by molar-refractivity contribution is 0.0696. The average molecular weight is 288 g/mol. The molecule has 0 unspecified atom stereocenters. The fraction of sp³-hybridized carbons (Fsp3) is 0.250. The third-order valence-corrected chi connectivity index (χ3v) is 3.12. The molecule has 2 rings (SSSR count). The van der Waals surface area contributed by atoms with E-state index >= 15 is 0 Å². The minimum absolute atomic E-state index is 0.228. The molecule has 0 bridgehead atoms. The maximum Gasteiger partial charge on any atom is 0.335 e. The van der Waals surface area contributed by atoms with Crippen molar-refractivity contribution in [1.29, 1.82) is 0 Å². The zero-order valence-electron chi connectivity index (χ0n) is 11.8. The molecule has 0 atom stereocenters. The number of nitrogens with one attached hydrogen (secondary N) is 1. The first-order valence-corrected chi connectivity index (χ1v) is 6.81. The summed E-state index contributed by atoms with van der Waals surface area (Å²) in [5.74, 6) is -0.669. The van der Waals surface area contributed by atoms with Gasteiger partial charge in [-0.1, -0.05) is 19.1 Å². The highest BCUT2D eigenvalue weighted by Crippen LogP contribution is 2.12. The summed E-state index contributed by atoms with van der Waals surface area (Å²) in [6.07, 6.45) is 1.38. The van der Waals surface area contributed by atoms with Crippen LogP contribution in [0, 0.1) is 5.82 Å². The molecule has 0 aliphatic carbocycles. The summed E-state index contributed by atoms with van der Waals surface area (Å²) in [4.78, 5) is 15.4. The predicted octanol–water partition coefficient (Wildman–Crippen LogP) is 3.14. The van der Waals surface area contributed by atoms with Gasteiger partial charge < -0.3 is 10.4 Å². The van der Waals surface area contributed by atoms with Gasteiger partial charge in [-0.05, 0) is 42.7 Å². The fourth-order valence-corrected chi connectivity index (χ4v) is 1.97. The Bertz CT molecular complexity index is 627. The molecule has 2 aromatic rings. The first kappa shape index (κ1) is 15.0. The minimum Gasteiger partial charge on any atom is -0.478 e. The maximum atomic E-state index is 12.8. The molecule has 0 amide bonds. The lowest BCUT2D eigenvalue weighted by atomic mass is 10.1. The molecule has 0 saturated carbocycles. The van der Waals surface area contributed by atoms with Crippen LogP contribution in [0.3, 0.4) is 0 Å². The molecule has 0 radical (unpaired) electrons. The summed E-state index contributed by atoms with van der Waals surface area (Å²) >= 11 is 0. The van der Waals surface area contributed by atoms with Gasteiger partial charge in [0.25, 0.3) is 0 Å². The first-order chi connectivity index (χ1) is 10.1. The molecule has 1 aromatic carbocycles. The van der Waals surface area contributed by atoms with Crippen LogP contribution in [-0.2, 0) is 12.8 Å². The highest BCUT2D eigenvalue weighted by molar-refractivity contribution is 5.88. The van der Waals surface area contributed by atoms with Crippen LogP contribution in [-0.4, -0.2) is 22.6 Å². The number of benzene rings is 1. The molecule has 1 aromatic heterocycles.